The van der Waals surface area contributed by atoms with Gasteiger partial charge >= 0.3 is 0 Å². The fourth-order valence-electron chi connectivity index (χ4n) is 1.62. The van der Waals surface area contributed by atoms with E-state index in [0.29, 0.717) is 0 Å². The largest absolute Gasteiger partial charge is 0.355 e. The zero-order chi connectivity index (χ0) is 15.4. The minimum Gasteiger partial charge on any atom is -0.355 e. The Balaban J connectivity index is 3.37. The Hall–Kier alpha value is -0.100. The number of amides is 2. The molecule has 0 aromatic heterocycles. The molecule has 0 rings (SSSR count). The van der Waals surface area contributed by atoms with Crippen LogP contribution in [-0.4, -0.2) is 34.6 Å². The van der Waals surface area contributed by atoms with Gasteiger partial charge in [0.05, 0.1) is 9.65 Å². The second-order valence-corrected chi connectivity index (χ2v) is 6.96. The number of rotatable bonds is 11. The first kappa shape index (κ1) is 19.9. The highest BCUT2D eigenvalue weighted by atomic mass is 79.9. The second kappa shape index (κ2) is 12.6. The van der Waals surface area contributed by atoms with E-state index in [1.807, 2.05) is 13.8 Å². The molecule has 0 aromatic carbocycles. The van der Waals surface area contributed by atoms with Gasteiger partial charge in [-0.1, -0.05) is 58.5 Å². The van der Waals surface area contributed by atoms with Crippen LogP contribution >= 0.6 is 31.9 Å². The molecular formula is C14H26Br2N2O2. The highest BCUT2D eigenvalue weighted by Gasteiger charge is 2.11. The van der Waals surface area contributed by atoms with Crippen molar-refractivity contribution in [3.05, 3.63) is 0 Å². The van der Waals surface area contributed by atoms with Gasteiger partial charge in [0.2, 0.25) is 11.8 Å². The first-order valence-electron chi connectivity index (χ1n) is 7.36. The summed E-state index contributed by atoms with van der Waals surface area (Å²) in [6.07, 6.45) is 5.72. The molecule has 0 saturated carbocycles. The maximum absolute atomic E-state index is 11.5. The lowest BCUT2D eigenvalue weighted by molar-refractivity contribution is -0.121. The summed E-state index contributed by atoms with van der Waals surface area (Å²) in [7, 11) is 0. The summed E-state index contributed by atoms with van der Waals surface area (Å²) >= 11 is 6.64. The van der Waals surface area contributed by atoms with E-state index in [9.17, 15) is 9.59 Å². The Morgan fingerprint density at radius 1 is 0.800 bits per heavy atom. The number of nitrogens with one attached hydrogen (secondary N) is 2. The number of halogens is 2. The highest BCUT2D eigenvalue weighted by molar-refractivity contribution is 9.10. The quantitative estimate of drug-likeness (QED) is 0.403. The minimum atomic E-state index is -0.0755. The molecule has 20 heavy (non-hydrogen) atoms. The van der Waals surface area contributed by atoms with Crippen molar-refractivity contribution in [2.75, 3.05) is 13.1 Å². The predicted octanol–water partition coefficient (Wildman–Crippen LogP) is 3.13. The van der Waals surface area contributed by atoms with Gasteiger partial charge in [-0.2, -0.15) is 0 Å². The molecule has 0 aliphatic rings. The zero-order valence-corrected chi connectivity index (χ0v) is 15.6. The van der Waals surface area contributed by atoms with Crippen molar-refractivity contribution >= 4 is 43.7 Å². The molecule has 0 aliphatic carbocycles. The van der Waals surface area contributed by atoms with E-state index in [1.54, 1.807) is 0 Å². The van der Waals surface area contributed by atoms with E-state index in [4.69, 9.17) is 0 Å². The maximum atomic E-state index is 11.5. The summed E-state index contributed by atoms with van der Waals surface area (Å²) in [6.45, 7) is 5.41. The third kappa shape index (κ3) is 9.75. The predicted molar refractivity (Wildman–Crippen MR) is 90.5 cm³/mol. The van der Waals surface area contributed by atoms with Crippen LogP contribution in [0.4, 0.5) is 0 Å². The summed E-state index contributed by atoms with van der Waals surface area (Å²) in [6, 6.07) is 0. The number of hydrogen-bond acceptors (Lipinski definition) is 2. The number of carbonyl (C=O) groups excluding carboxylic acids is 2. The first-order valence-corrected chi connectivity index (χ1v) is 9.19. The van der Waals surface area contributed by atoms with E-state index < -0.39 is 0 Å². The van der Waals surface area contributed by atoms with Crippen LogP contribution < -0.4 is 10.6 Å². The van der Waals surface area contributed by atoms with Gasteiger partial charge in [0.15, 0.2) is 0 Å². The average molecular weight is 414 g/mol. The molecule has 2 atom stereocenters. The molecular weight excluding hydrogens is 388 g/mol. The van der Waals surface area contributed by atoms with Crippen molar-refractivity contribution < 1.29 is 9.59 Å². The molecule has 2 amide bonds. The smallest absolute Gasteiger partial charge is 0.233 e. The summed E-state index contributed by atoms with van der Waals surface area (Å²) in [5, 5.41) is 5.81. The van der Waals surface area contributed by atoms with Crippen LogP contribution in [0.25, 0.3) is 0 Å². The lowest BCUT2D eigenvalue weighted by atomic mass is 10.2. The number of carbonyl (C=O) groups is 2. The Labute approximate surface area is 139 Å². The maximum Gasteiger partial charge on any atom is 0.233 e. The third-order valence-corrected chi connectivity index (χ3v) is 5.11. The molecule has 0 bridgehead atoms. The first-order chi connectivity index (χ1) is 9.52. The zero-order valence-electron chi connectivity index (χ0n) is 12.4. The molecule has 0 heterocycles. The molecule has 0 radical (unpaired) electrons. The Morgan fingerprint density at radius 2 is 1.15 bits per heavy atom. The van der Waals surface area contributed by atoms with Crippen LogP contribution in [0.2, 0.25) is 0 Å². The van der Waals surface area contributed by atoms with E-state index in [-0.39, 0.29) is 21.5 Å². The van der Waals surface area contributed by atoms with Gasteiger partial charge in [-0.3, -0.25) is 9.59 Å². The molecule has 4 nitrogen and oxygen atoms in total. The number of hydrogen-bond donors (Lipinski definition) is 2. The van der Waals surface area contributed by atoms with E-state index in [2.05, 4.69) is 42.5 Å². The van der Waals surface area contributed by atoms with Crippen LogP contribution in [0.15, 0.2) is 0 Å². The molecule has 2 N–H and O–H groups in total. The van der Waals surface area contributed by atoms with Crippen LogP contribution in [0.3, 0.4) is 0 Å². The SMILES string of the molecule is CC[C@@H](Br)C(=O)NCCCCCCNC(=O)[C@@H](Br)CC. The lowest BCUT2D eigenvalue weighted by Gasteiger charge is -2.09. The van der Waals surface area contributed by atoms with Gasteiger partial charge < -0.3 is 10.6 Å². The second-order valence-electron chi connectivity index (χ2n) is 4.75. The monoisotopic (exact) mass is 412 g/mol. The molecule has 0 saturated heterocycles. The molecule has 118 valence electrons. The molecule has 0 spiro atoms. The highest BCUT2D eigenvalue weighted by Crippen LogP contribution is 2.05. The summed E-state index contributed by atoms with van der Waals surface area (Å²) in [5.74, 6) is 0.144. The summed E-state index contributed by atoms with van der Waals surface area (Å²) < 4.78 is 0. The fourth-order valence-corrected chi connectivity index (χ4v) is 1.94. The van der Waals surface area contributed by atoms with Gasteiger partial charge in [0, 0.05) is 13.1 Å². The Kier molecular flexibility index (Phi) is 12.6. The molecule has 0 unspecified atom stereocenters. The fraction of sp³-hybridized carbons (Fsp3) is 0.857. The van der Waals surface area contributed by atoms with Gasteiger partial charge in [0.1, 0.15) is 0 Å². The number of alkyl halides is 2. The van der Waals surface area contributed by atoms with E-state index >= 15 is 0 Å². The molecule has 0 aliphatic heterocycles. The summed E-state index contributed by atoms with van der Waals surface area (Å²) in [4.78, 5) is 22.8. The van der Waals surface area contributed by atoms with Gasteiger partial charge in [-0.05, 0) is 25.7 Å². The normalized spacial score (nSPS) is 13.6. The van der Waals surface area contributed by atoms with Crippen molar-refractivity contribution in [3.63, 3.8) is 0 Å². The summed E-state index contributed by atoms with van der Waals surface area (Å²) in [5.41, 5.74) is 0. The van der Waals surface area contributed by atoms with Crippen LogP contribution in [0, 0.1) is 0 Å². The average Bonchev–Trinajstić information content (AvgIpc) is 2.47. The van der Waals surface area contributed by atoms with Crippen molar-refractivity contribution in [1.82, 2.24) is 10.6 Å². The van der Waals surface area contributed by atoms with Crippen LogP contribution in [-0.2, 0) is 9.59 Å². The van der Waals surface area contributed by atoms with Crippen molar-refractivity contribution in [1.29, 1.82) is 0 Å². The lowest BCUT2D eigenvalue weighted by Crippen LogP contribution is -2.31. The van der Waals surface area contributed by atoms with Crippen molar-refractivity contribution in [3.8, 4) is 0 Å². The number of unbranched alkanes of at least 4 members (excludes halogenated alkanes) is 3. The van der Waals surface area contributed by atoms with Crippen LogP contribution in [0.1, 0.15) is 52.4 Å². The van der Waals surface area contributed by atoms with E-state index in [1.165, 1.54) is 0 Å². The minimum absolute atomic E-state index is 0.0719. The van der Waals surface area contributed by atoms with Crippen molar-refractivity contribution in [2.45, 2.75) is 62.0 Å². The van der Waals surface area contributed by atoms with Gasteiger partial charge in [-0.15, -0.1) is 0 Å². The molecule has 6 heteroatoms. The third-order valence-electron chi connectivity index (χ3n) is 2.99. The van der Waals surface area contributed by atoms with Crippen LogP contribution in [0.5, 0.6) is 0 Å². The molecule has 0 fully saturated rings. The van der Waals surface area contributed by atoms with Gasteiger partial charge in [0.25, 0.3) is 0 Å². The molecule has 0 aromatic rings. The Morgan fingerprint density at radius 3 is 1.45 bits per heavy atom. The van der Waals surface area contributed by atoms with Gasteiger partial charge in [-0.25, -0.2) is 0 Å². The van der Waals surface area contributed by atoms with Crippen molar-refractivity contribution in [2.24, 2.45) is 0 Å². The topological polar surface area (TPSA) is 58.2 Å². The van der Waals surface area contributed by atoms with E-state index in [0.717, 1.165) is 51.6 Å². The standard InChI is InChI=1S/C14H26Br2N2O2/c1-3-11(15)13(19)17-9-7-5-6-8-10-18-14(20)12(16)4-2/h11-12H,3-10H2,1-2H3,(H,17,19)(H,18,20)/t11-,12+. The Bertz CT molecular complexity index is 260.